The number of amides is 2. The minimum absolute atomic E-state index is 0.189. The summed E-state index contributed by atoms with van der Waals surface area (Å²) in [6, 6.07) is 17.3. The SMILES string of the molecule is COc1ccc(C2=C(N3CCN(C)CC3)C(=O)N(CCc3ccccc3)C2=O)cc1. The predicted octanol–water partition coefficient (Wildman–Crippen LogP) is 2.27. The monoisotopic (exact) mass is 405 g/mol. The van der Waals surface area contributed by atoms with Crippen LogP contribution in [0.15, 0.2) is 60.3 Å². The molecule has 2 aliphatic heterocycles. The second kappa shape index (κ2) is 8.71. The molecule has 0 bridgehead atoms. The van der Waals surface area contributed by atoms with Crippen molar-refractivity contribution in [3.05, 3.63) is 71.4 Å². The van der Waals surface area contributed by atoms with Gasteiger partial charge in [-0.2, -0.15) is 0 Å². The lowest BCUT2D eigenvalue weighted by Gasteiger charge is -2.34. The Kier molecular flexibility index (Phi) is 5.86. The summed E-state index contributed by atoms with van der Waals surface area (Å²) in [6.07, 6.45) is 0.643. The molecule has 156 valence electrons. The number of piperazine rings is 1. The number of methoxy groups -OCH3 is 1. The Morgan fingerprint density at radius 2 is 1.53 bits per heavy atom. The van der Waals surface area contributed by atoms with E-state index < -0.39 is 0 Å². The Morgan fingerprint density at radius 1 is 0.867 bits per heavy atom. The molecule has 0 N–H and O–H groups in total. The third-order valence-electron chi connectivity index (χ3n) is 5.81. The van der Waals surface area contributed by atoms with Crippen LogP contribution in [0.2, 0.25) is 0 Å². The lowest BCUT2D eigenvalue weighted by atomic mass is 10.0. The van der Waals surface area contributed by atoms with Gasteiger partial charge in [-0.1, -0.05) is 42.5 Å². The van der Waals surface area contributed by atoms with E-state index in [-0.39, 0.29) is 11.8 Å². The van der Waals surface area contributed by atoms with Crippen LogP contribution in [0.5, 0.6) is 5.75 Å². The maximum atomic E-state index is 13.4. The number of carbonyl (C=O) groups excluding carboxylic acids is 2. The number of rotatable bonds is 6. The molecular formula is C24H27N3O3. The molecule has 0 spiro atoms. The van der Waals surface area contributed by atoms with Gasteiger partial charge >= 0.3 is 0 Å². The first-order valence-corrected chi connectivity index (χ1v) is 10.3. The Morgan fingerprint density at radius 3 is 2.17 bits per heavy atom. The maximum Gasteiger partial charge on any atom is 0.277 e. The average molecular weight is 405 g/mol. The Balaban J connectivity index is 1.65. The van der Waals surface area contributed by atoms with Crippen LogP contribution in [-0.4, -0.2) is 73.4 Å². The van der Waals surface area contributed by atoms with Crippen molar-refractivity contribution >= 4 is 17.4 Å². The van der Waals surface area contributed by atoms with Crippen molar-refractivity contribution in [1.29, 1.82) is 0 Å². The second-order valence-corrected chi connectivity index (χ2v) is 7.74. The molecule has 2 aromatic carbocycles. The van der Waals surface area contributed by atoms with E-state index in [1.54, 1.807) is 7.11 Å². The van der Waals surface area contributed by atoms with Crippen molar-refractivity contribution in [3.63, 3.8) is 0 Å². The molecule has 2 amide bonds. The number of carbonyl (C=O) groups is 2. The predicted molar refractivity (Wildman–Crippen MR) is 116 cm³/mol. The highest BCUT2D eigenvalue weighted by Crippen LogP contribution is 2.33. The summed E-state index contributed by atoms with van der Waals surface area (Å²) in [5.74, 6) is 0.319. The first-order valence-electron chi connectivity index (χ1n) is 10.3. The summed E-state index contributed by atoms with van der Waals surface area (Å²) in [5, 5.41) is 0. The number of hydrogen-bond donors (Lipinski definition) is 0. The molecule has 0 radical (unpaired) electrons. The lowest BCUT2D eigenvalue weighted by molar-refractivity contribution is -0.137. The van der Waals surface area contributed by atoms with E-state index in [9.17, 15) is 9.59 Å². The molecule has 2 aromatic rings. The highest BCUT2D eigenvalue weighted by Gasteiger charge is 2.41. The Bertz CT molecular complexity index is 945. The van der Waals surface area contributed by atoms with Crippen molar-refractivity contribution in [3.8, 4) is 5.75 Å². The average Bonchev–Trinajstić information content (AvgIpc) is 3.03. The molecule has 6 heteroatoms. The van der Waals surface area contributed by atoms with Gasteiger partial charge in [0.1, 0.15) is 11.4 Å². The number of nitrogens with zero attached hydrogens (tertiary/aromatic N) is 3. The first-order chi connectivity index (χ1) is 14.6. The fraction of sp³-hybridized carbons (Fsp3) is 0.333. The van der Waals surface area contributed by atoms with Gasteiger partial charge in [0.25, 0.3) is 11.8 Å². The lowest BCUT2D eigenvalue weighted by Crippen LogP contribution is -2.46. The van der Waals surface area contributed by atoms with Crippen molar-refractivity contribution in [2.75, 3.05) is 46.9 Å². The molecule has 0 unspecified atom stereocenters. The van der Waals surface area contributed by atoms with E-state index in [1.165, 1.54) is 4.90 Å². The molecule has 0 aromatic heterocycles. The van der Waals surface area contributed by atoms with E-state index in [0.29, 0.717) is 24.2 Å². The summed E-state index contributed by atoms with van der Waals surface area (Å²) in [6.45, 7) is 3.57. The highest BCUT2D eigenvalue weighted by molar-refractivity contribution is 6.35. The molecule has 1 fully saturated rings. The first kappa shape index (κ1) is 20.2. The fourth-order valence-electron chi connectivity index (χ4n) is 3.99. The summed E-state index contributed by atoms with van der Waals surface area (Å²) in [4.78, 5) is 32.5. The van der Waals surface area contributed by atoms with Gasteiger partial charge in [0.2, 0.25) is 0 Å². The smallest absolute Gasteiger partial charge is 0.277 e. The standard InChI is InChI=1S/C24H27N3O3/c1-25-14-16-26(17-15-25)22-21(19-8-10-20(30-2)11-9-19)23(28)27(24(22)29)13-12-18-6-4-3-5-7-18/h3-11H,12-17H2,1-2H3. The van der Waals surface area contributed by atoms with Crippen molar-refractivity contribution < 1.29 is 14.3 Å². The summed E-state index contributed by atoms with van der Waals surface area (Å²) < 4.78 is 5.25. The van der Waals surface area contributed by atoms with Crippen LogP contribution >= 0.6 is 0 Å². The van der Waals surface area contributed by atoms with Crippen LogP contribution < -0.4 is 4.74 Å². The molecule has 0 atom stereocenters. The van der Waals surface area contributed by atoms with E-state index in [4.69, 9.17) is 4.74 Å². The minimum Gasteiger partial charge on any atom is -0.497 e. The van der Waals surface area contributed by atoms with Crippen molar-refractivity contribution in [1.82, 2.24) is 14.7 Å². The van der Waals surface area contributed by atoms with Crippen LogP contribution in [0, 0.1) is 0 Å². The molecule has 2 heterocycles. The molecule has 0 saturated carbocycles. The molecular weight excluding hydrogens is 378 g/mol. The quantitative estimate of drug-likeness (QED) is 0.690. The Labute approximate surface area is 177 Å². The van der Waals surface area contributed by atoms with E-state index in [2.05, 4.69) is 16.8 Å². The van der Waals surface area contributed by atoms with Crippen molar-refractivity contribution in [2.24, 2.45) is 0 Å². The number of ether oxygens (including phenoxy) is 1. The fourth-order valence-corrected chi connectivity index (χ4v) is 3.99. The minimum atomic E-state index is -0.213. The molecule has 1 saturated heterocycles. The Hall–Kier alpha value is -3.12. The number of benzene rings is 2. The second-order valence-electron chi connectivity index (χ2n) is 7.74. The van der Waals surface area contributed by atoms with E-state index in [1.807, 2.05) is 54.6 Å². The topological polar surface area (TPSA) is 53.1 Å². The van der Waals surface area contributed by atoms with Gasteiger partial charge < -0.3 is 14.5 Å². The van der Waals surface area contributed by atoms with Gasteiger partial charge in [0.05, 0.1) is 12.7 Å². The zero-order valence-electron chi connectivity index (χ0n) is 17.5. The normalized spacial score (nSPS) is 17.8. The maximum absolute atomic E-state index is 13.4. The third-order valence-corrected chi connectivity index (χ3v) is 5.81. The van der Waals surface area contributed by atoms with Gasteiger partial charge in [-0.25, -0.2) is 0 Å². The van der Waals surface area contributed by atoms with Crippen molar-refractivity contribution in [2.45, 2.75) is 6.42 Å². The largest absolute Gasteiger partial charge is 0.497 e. The van der Waals surface area contributed by atoms with E-state index >= 15 is 0 Å². The van der Waals surface area contributed by atoms with Gasteiger partial charge in [-0.3, -0.25) is 14.5 Å². The number of likely N-dealkylation sites (N-methyl/N-ethyl adjacent to an activating group) is 1. The zero-order valence-corrected chi connectivity index (χ0v) is 17.5. The van der Waals surface area contributed by atoms with E-state index in [0.717, 1.165) is 43.1 Å². The summed E-state index contributed by atoms with van der Waals surface area (Å²) in [7, 11) is 3.68. The molecule has 2 aliphatic rings. The number of hydrogen-bond acceptors (Lipinski definition) is 5. The molecule has 0 aliphatic carbocycles. The van der Waals surface area contributed by atoms with Gasteiger partial charge in [0.15, 0.2) is 0 Å². The molecule has 6 nitrogen and oxygen atoms in total. The molecule has 4 rings (SSSR count). The summed E-state index contributed by atoms with van der Waals surface area (Å²) >= 11 is 0. The van der Waals surface area contributed by atoms with Crippen LogP contribution in [0.25, 0.3) is 5.57 Å². The van der Waals surface area contributed by atoms with Crippen LogP contribution in [0.1, 0.15) is 11.1 Å². The summed E-state index contributed by atoms with van der Waals surface area (Å²) in [5.41, 5.74) is 2.90. The third kappa shape index (κ3) is 3.96. The van der Waals surface area contributed by atoms with Crippen LogP contribution in [0.4, 0.5) is 0 Å². The number of imide groups is 1. The molecule has 30 heavy (non-hydrogen) atoms. The highest BCUT2D eigenvalue weighted by atomic mass is 16.5. The van der Waals surface area contributed by atoms with Crippen LogP contribution in [0.3, 0.4) is 0 Å². The zero-order chi connectivity index (χ0) is 21.1. The van der Waals surface area contributed by atoms with Gasteiger partial charge in [0, 0.05) is 32.7 Å². The van der Waals surface area contributed by atoms with Gasteiger partial charge in [-0.15, -0.1) is 0 Å². The van der Waals surface area contributed by atoms with Crippen LogP contribution in [-0.2, 0) is 16.0 Å². The van der Waals surface area contributed by atoms with Gasteiger partial charge in [-0.05, 0) is 36.7 Å².